The number of nitro benzene ring substituents is 1. The van der Waals surface area contributed by atoms with Crippen molar-refractivity contribution in [1.29, 1.82) is 0 Å². The maximum absolute atomic E-state index is 13.0. The Morgan fingerprint density at radius 2 is 1.94 bits per heavy atom. The van der Waals surface area contributed by atoms with Gasteiger partial charge in [0.05, 0.1) is 32.1 Å². The molecule has 1 aliphatic rings. The van der Waals surface area contributed by atoms with Gasteiger partial charge < -0.3 is 10.1 Å². The highest BCUT2D eigenvalue weighted by Gasteiger charge is 2.22. The molecule has 1 atom stereocenters. The van der Waals surface area contributed by atoms with E-state index in [0.717, 1.165) is 31.7 Å². The van der Waals surface area contributed by atoms with Gasteiger partial charge >= 0.3 is 5.97 Å². The number of anilines is 1. The number of esters is 1. The second-order valence-electron chi connectivity index (χ2n) is 8.34. The molecule has 0 radical (unpaired) electrons. The number of aryl methyl sites for hydroxylation is 1. The van der Waals surface area contributed by atoms with Crippen molar-refractivity contribution in [3.05, 3.63) is 73.3 Å². The summed E-state index contributed by atoms with van der Waals surface area (Å²) in [5.41, 5.74) is 0.196. The van der Waals surface area contributed by atoms with Crippen LogP contribution in [0.4, 0.5) is 11.4 Å². The molecule has 182 valence electrons. The smallest absolute Gasteiger partial charge is 0.338 e. The number of amides is 1. The lowest BCUT2D eigenvalue weighted by Crippen LogP contribution is -2.30. The minimum absolute atomic E-state index is 0.0284. The van der Waals surface area contributed by atoms with Crippen molar-refractivity contribution in [1.82, 2.24) is 9.55 Å². The summed E-state index contributed by atoms with van der Waals surface area (Å²) < 4.78 is 6.99. The molecule has 11 heteroatoms. The summed E-state index contributed by atoms with van der Waals surface area (Å²) in [6.07, 6.45) is 3.50. The van der Waals surface area contributed by atoms with Crippen LogP contribution in [0.25, 0.3) is 10.9 Å². The van der Waals surface area contributed by atoms with Crippen LogP contribution in [-0.4, -0.2) is 32.5 Å². The molecule has 3 aromatic rings. The molecule has 0 aliphatic carbocycles. The van der Waals surface area contributed by atoms with Gasteiger partial charge in [-0.2, -0.15) is 0 Å². The first-order valence-corrected chi connectivity index (χ1v) is 11.6. The number of halogens is 1. The predicted octanol–water partition coefficient (Wildman–Crippen LogP) is 4.26. The molecule has 2 heterocycles. The first-order valence-electron chi connectivity index (χ1n) is 11.2. The number of nitro groups is 1. The summed E-state index contributed by atoms with van der Waals surface area (Å²) in [5.74, 6) is -0.776. The van der Waals surface area contributed by atoms with Crippen molar-refractivity contribution in [3.63, 3.8) is 0 Å². The Morgan fingerprint density at radius 1 is 1.17 bits per heavy atom. The third kappa shape index (κ3) is 5.32. The van der Waals surface area contributed by atoms with Crippen LogP contribution < -0.4 is 10.9 Å². The molecule has 1 unspecified atom stereocenters. The van der Waals surface area contributed by atoms with E-state index < -0.39 is 22.9 Å². The lowest BCUT2D eigenvalue weighted by molar-refractivity contribution is -0.384. The van der Waals surface area contributed by atoms with Crippen molar-refractivity contribution in [2.45, 2.75) is 51.7 Å². The fourth-order valence-corrected chi connectivity index (χ4v) is 4.13. The second kappa shape index (κ2) is 10.2. The molecule has 10 nitrogen and oxygen atoms in total. The van der Waals surface area contributed by atoms with E-state index in [0.29, 0.717) is 29.7 Å². The molecule has 0 saturated heterocycles. The lowest BCUT2D eigenvalue weighted by atomic mass is 10.1. The average Bonchev–Trinajstić information content (AvgIpc) is 2.81. The van der Waals surface area contributed by atoms with Crippen LogP contribution in [0, 0.1) is 10.1 Å². The summed E-state index contributed by atoms with van der Waals surface area (Å²) in [6.45, 7) is 2.00. The summed E-state index contributed by atoms with van der Waals surface area (Å²) >= 11 is 6.01. The Kier molecular flexibility index (Phi) is 7.11. The van der Waals surface area contributed by atoms with Gasteiger partial charge in [-0.05, 0) is 44.0 Å². The fraction of sp³-hybridized carbons (Fsp3) is 0.333. The van der Waals surface area contributed by atoms with Crippen LogP contribution in [0.5, 0.6) is 0 Å². The normalized spacial score (nSPS) is 14.3. The van der Waals surface area contributed by atoms with Crippen LogP contribution in [0.3, 0.4) is 0 Å². The first kappa shape index (κ1) is 24.3. The van der Waals surface area contributed by atoms with E-state index in [1.165, 1.54) is 31.2 Å². The molecule has 4 rings (SSSR count). The molecule has 0 saturated carbocycles. The van der Waals surface area contributed by atoms with Crippen LogP contribution in [0.2, 0.25) is 5.02 Å². The van der Waals surface area contributed by atoms with E-state index in [1.54, 1.807) is 10.6 Å². The second-order valence-corrected chi connectivity index (χ2v) is 8.75. The molecule has 1 amide bonds. The number of benzene rings is 2. The molecule has 0 fully saturated rings. The zero-order chi connectivity index (χ0) is 25.1. The van der Waals surface area contributed by atoms with Crippen LogP contribution >= 0.6 is 11.6 Å². The summed E-state index contributed by atoms with van der Waals surface area (Å²) in [4.78, 5) is 53.2. The van der Waals surface area contributed by atoms with Gasteiger partial charge in [0, 0.05) is 25.1 Å². The average molecular weight is 499 g/mol. The molecule has 0 spiro atoms. The summed E-state index contributed by atoms with van der Waals surface area (Å²) in [5, 5.41) is 13.9. The number of ether oxygens (including phenoxy) is 1. The van der Waals surface area contributed by atoms with E-state index >= 15 is 0 Å². The Balaban J connectivity index is 1.51. The zero-order valence-corrected chi connectivity index (χ0v) is 19.7. The van der Waals surface area contributed by atoms with Crippen molar-refractivity contribution in [3.8, 4) is 0 Å². The van der Waals surface area contributed by atoms with E-state index in [9.17, 15) is 24.5 Å². The predicted molar refractivity (Wildman–Crippen MR) is 130 cm³/mol. The molecule has 1 aliphatic heterocycles. The lowest BCUT2D eigenvalue weighted by Gasteiger charge is -2.17. The Labute approximate surface area is 205 Å². The summed E-state index contributed by atoms with van der Waals surface area (Å²) in [6, 6.07) is 8.11. The maximum atomic E-state index is 13.0. The van der Waals surface area contributed by atoms with Crippen LogP contribution in [-0.2, 0) is 22.5 Å². The monoisotopic (exact) mass is 498 g/mol. The van der Waals surface area contributed by atoms with Crippen molar-refractivity contribution < 1.29 is 19.2 Å². The van der Waals surface area contributed by atoms with E-state index in [2.05, 4.69) is 10.3 Å². The minimum Gasteiger partial charge on any atom is -0.449 e. The van der Waals surface area contributed by atoms with Gasteiger partial charge in [-0.25, -0.2) is 9.78 Å². The number of carbonyl (C=O) groups is 2. The largest absolute Gasteiger partial charge is 0.449 e. The van der Waals surface area contributed by atoms with Crippen molar-refractivity contribution in [2.24, 2.45) is 0 Å². The van der Waals surface area contributed by atoms with Gasteiger partial charge in [-0.15, -0.1) is 0 Å². The number of fused-ring (bicyclic) bond motifs is 2. The number of non-ortho nitro benzene ring substituents is 1. The number of carbonyl (C=O) groups excluding carboxylic acids is 2. The van der Waals surface area contributed by atoms with Crippen LogP contribution in [0.1, 0.15) is 48.8 Å². The maximum Gasteiger partial charge on any atom is 0.338 e. The molecule has 1 N–H and O–H groups in total. The van der Waals surface area contributed by atoms with Gasteiger partial charge in [-0.3, -0.25) is 24.3 Å². The van der Waals surface area contributed by atoms with Gasteiger partial charge in [0.2, 0.25) is 0 Å². The van der Waals surface area contributed by atoms with Gasteiger partial charge in [0.1, 0.15) is 5.82 Å². The number of hydrogen-bond acceptors (Lipinski definition) is 7. The molecule has 35 heavy (non-hydrogen) atoms. The fourth-order valence-electron chi connectivity index (χ4n) is 3.96. The highest BCUT2D eigenvalue weighted by molar-refractivity contribution is 6.33. The number of aromatic nitrogens is 2. The molecule has 1 aromatic heterocycles. The Bertz CT molecular complexity index is 1390. The van der Waals surface area contributed by atoms with E-state index in [-0.39, 0.29) is 27.5 Å². The number of nitrogens with zero attached hydrogens (tertiary/aromatic N) is 3. The zero-order valence-electron chi connectivity index (χ0n) is 19.0. The SMILES string of the molecule is CC(OC(=O)c1ccc2c(=O)n3c(nc2c1)CCCCCC3)C(=O)Nc1cc([N+](=O)[O-])ccc1Cl. The molecule has 2 aromatic carbocycles. The molecule has 0 bridgehead atoms. The topological polar surface area (TPSA) is 133 Å². The number of nitrogens with one attached hydrogen (secondary N) is 1. The van der Waals surface area contributed by atoms with Gasteiger partial charge in [0.25, 0.3) is 17.2 Å². The van der Waals surface area contributed by atoms with E-state index in [4.69, 9.17) is 16.3 Å². The van der Waals surface area contributed by atoms with Crippen molar-refractivity contribution >= 4 is 45.8 Å². The highest BCUT2D eigenvalue weighted by Crippen LogP contribution is 2.27. The molecular formula is C24H23ClN4O6. The minimum atomic E-state index is -1.22. The Morgan fingerprint density at radius 3 is 2.71 bits per heavy atom. The van der Waals surface area contributed by atoms with Gasteiger partial charge in [0.15, 0.2) is 6.10 Å². The van der Waals surface area contributed by atoms with Crippen LogP contribution in [0.15, 0.2) is 41.2 Å². The van der Waals surface area contributed by atoms with Gasteiger partial charge in [-0.1, -0.05) is 24.4 Å². The molecular weight excluding hydrogens is 476 g/mol. The quantitative estimate of drug-likeness (QED) is 0.315. The van der Waals surface area contributed by atoms with Crippen molar-refractivity contribution in [2.75, 3.05) is 5.32 Å². The standard InChI is InChI=1S/C24H23ClN4O6/c1-14(22(30)27-20-13-16(29(33)34)8-10-18(20)25)35-24(32)15-7-9-17-19(12-15)26-21-6-4-2-3-5-11-28(21)23(17)31/h7-10,12-14H,2-6,11H2,1H3,(H,27,30). The number of rotatable bonds is 5. The highest BCUT2D eigenvalue weighted by atomic mass is 35.5. The third-order valence-electron chi connectivity index (χ3n) is 5.87. The van der Waals surface area contributed by atoms with E-state index in [1.807, 2.05) is 0 Å². The Hall–Kier alpha value is -3.79. The summed E-state index contributed by atoms with van der Waals surface area (Å²) in [7, 11) is 0. The number of hydrogen-bond donors (Lipinski definition) is 1. The first-order chi connectivity index (χ1) is 16.7. The third-order valence-corrected chi connectivity index (χ3v) is 6.20.